The van der Waals surface area contributed by atoms with Crippen molar-refractivity contribution in [3.8, 4) is 0 Å². The molecular weight excluding hydrogens is 448 g/mol. The van der Waals surface area contributed by atoms with Gasteiger partial charge in [0.05, 0.1) is 0 Å². The van der Waals surface area contributed by atoms with Gasteiger partial charge in [0.15, 0.2) is 12.6 Å². The van der Waals surface area contributed by atoms with E-state index < -0.39 is 91.8 Å². The van der Waals surface area contributed by atoms with Gasteiger partial charge in [-0.2, -0.15) is 0 Å². The van der Waals surface area contributed by atoms with Gasteiger partial charge in [-0.25, -0.2) is 0 Å². The maximum absolute atomic E-state index is 10.9. The minimum Gasteiger partial charge on any atom is -0.388 e. The van der Waals surface area contributed by atoms with Gasteiger partial charge < -0.3 is 77.6 Å². The highest BCUT2D eigenvalue weighted by atomic mass is 16.7. The second-order valence-electron chi connectivity index (χ2n) is 8.76. The molecule has 3 rings (SSSR count). The Bertz CT molecular complexity index is 584. The van der Waals surface area contributed by atoms with Gasteiger partial charge >= 0.3 is 0 Å². The van der Waals surface area contributed by atoms with E-state index in [2.05, 4.69) is 0 Å². The Morgan fingerprint density at radius 1 is 0.576 bits per heavy atom. The van der Waals surface area contributed by atoms with Crippen molar-refractivity contribution >= 4 is 0 Å². The Morgan fingerprint density at radius 3 is 1.27 bits per heavy atom. The fourth-order valence-corrected chi connectivity index (χ4v) is 4.40. The molecule has 33 heavy (non-hydrogen) atoms. The number of hydrogen-bond donors (Lipinski definition) is 11. The van der Waals surface area contributed by atoms with E-state index in [1.165, 1.54) is 0 Å². The topological polar surface area (TPSA) is 283 Å². The maximum Gasteiger partial charge on any atom is 0.187 e. The highest BCUT2D eigenvalue weighted by Crippen LogP contribution is 2.31. The van der Waals surface area contributed by atoms with Gasteiger partial charge in [-0.1, -0.05) is 0 Å². The summed E-state index contributed by atoms with van der Waals surface area (Å²) in [5, 5.41) is 71.4. The molecule has 15 heteroatoms. The van der Waals surface area contributed by atoms with Crippen molar-refractivity contribution in [2.75, 3.05) is 13.1 Å². The fraction of sp³-hybridized carbons (Fsp3) is 1.00. The standard InChI is InChI=1S/C18H36N4O11/c19-2-6-8(23)10(25)12(27)17(30-6)32-15-4(21)1-5(22)16(14(15)29)33-18-13(28)11(26)9(24)7(3-20)31-18/h4-18,23-29H,1-3,19-22H2/t4-,5+,6-,7-,8-,9-,10+,11+,12-,13-,14?,15+,16-,17-,18+/m0/s1. The Labute approximate surface area is 189 Å². The van der Waals surface area contributed by atoms with Crippen LogP contribution in [-0.4, -0.2) is 141 Å². The predicted octanol–water partition coefficient (Wildman–Crippen LogP) is -7.29. The zero-order valence-electron chi connectivity index (χ0n) is 17.9. The second-order valence-corrected chi connectivity index (χ2v) is 8.76. The van der Waals surface area contributed by atoms with E-state index in [-0.39, 0.29) is 19.5 Å². The lowest BCUT2D eigenvalue weighted by Gasteiger charge is -2.48. The van der Waals surface area contributed by atoms with Gasteiger partial charge in [-0.15, -0.1) is 0 Å². The first-order valence-corrected chi connectivity index (χ1v) is 10.8. The third-order valence-electron chi connectivity index (χ3n) is 6.45. The van der Waals surface area contributed by atoms with Gasteiger partial charge in [-0.05, 0) is 6.42 Å². The molecule has 0 amide bonds. The molecular formula is C18H36N4O11. The molecule has 3 aliphatic rings. The number of nitrogens with two attached hydrogens (primary N) is 4. The quantitative estimate of drug-likeness (QED) is 0.167. The largest absolute Gasteiger partial charge is 0.388 e. The zero-order chi connectivity index (χ0) is 24.6. The van der Waals surface area contributed by atoms with Crippen LogP contribution in [0.5, 0.6) is 0 Å². The number of ether oxygens (including phenoxy) is 4. The Morgan fingerprint density at radius 2 is 0.939 bits per heavy atom. The summed E-state index contributed by atoms with van der Waals surface area (Å²) in [5.41, 5.74) is 23.2. The Balaban J connectivity index is 1.72. The van der Waals surface area contributed by atoms with E-state index in [0.717, 1.165) is 0 Å². The van der Waals surface area contributed by atoms with Crippen LogP contribution >= 0.6 is 0 Å². The molecule has 3 fully saturated rings. The molecule has 2 saturated heterocycles. The van der Waals surface area contributed by atoms with Gasteiger partial charge in [0.1, 0.15) is 67.1 Å². The van der Waals surface area contributed by atoms with Crippen LogP contribution in [-0.2, 0) is 18.9 Å². The molecule has 1 saturated carbocycles. The molecule has 2 heterocycles. The van der Waals surface area contributed by atoms with E-state index >= 15 is 0 Å². The van der Waals surface area contributed by atoms with Crippen LogP contribution < -0.4 is 22.9 Å². The molecule has 0 radical (unpaired) electrons. The monoisotopic (exact) mass is 484 g/mol. The molecule has 1 aliphatic carbocycles. The van der Waals surface area contributed by atoms with Crippen LogP contribution in [0.1, 0.15) is 6.42 Å². The van der Waals surface area contributed by atoms with Crippen molar-refractivity contribution < 1.29 is 54.7 Å². The lowest BCUT2D eigenvalue weighted by molar-refractivity contribution is -0.336. The SMILES string of the molecule is NC[C@@H]1O[C@H](O[C@@H]2C(O)[C@H](O[C@@H]3O[C@@H](CN)[C@H](O)[C@@H](O)[C@@H]3O)[C@@H](N)C[C@H]2N)[C@@H](O)[C@H](O)[C@H]1O. The van der Waals surface area contributed by atoms with E-state index in [0.29, 0.717) is 0 Å². The van der Waals surface area contributed by atoms with Crippen molar-refractivity contribution in [2.45, 2.75) is 98.2 Å². The van der Waals surface area contributed by atoms with Crippen molar-refractivity contribution in [3.63, 3.8) is 0 Å². The van der Waals surface area contributed by atoms with Crippen molar-refractivity contribution in [1.82, 2.24) is 0 Å². The summed E-state index contributed by atoms with van der Waals surface area (Å²) in [5.74, 6) is 0. The van der Waals surface area contributed by atoms with Gasteiger partial charge in [0.25, 0.3) is 0 Å². The van der Waals surface area contributed by atoms with Crippen LogP contribution in [0.4, 0.5) is 0 Å². The molecule has 0 aromatic heterocycles. The van der Waals surface area contributed by atoms with Crippen LogP contribution in [0.25, 0.3) is 0 Å². The summed E-state index contributed by atoms with van der Waals surface area (Å²) < 4.78 is 22.2. The maximum atomic E-state index is 10.9. The number of hydrogen-bond acceptors (Lipinski definition) is 15. The molecule has 15 nitrogen and oxygen atoms in total. The van der Waals surface area contributed by atoms with Crippen molar-refractivity contribution in [2.24, 2.45) is 22.9 Å². The lowest BCUT2D eigenvalue weighted by Crippen LogP contribution is -2.68. The first-order chi connectivity index (χ1) is 15.5. The van der Waals surface area contributed by atoms with E-state index in [1.54, 1.807) is 0 Å². The zero-order valence-corrected chi connectivity index (χ0v) is 17.9. The van der Waals surface area contributed by atoms with Crippen LogP contribution in [0.15, 0.2) is 0 Å². The van der Waals surface area contributed by atoms with Crippen LogP contribution in [0, 0.1) is 0 Å². The molecule has 0 spiro atoms. The molecule has 15 atom stereocenters. The molecule has 0 aromatic rings. The minimum absolute atomic E-state index is 0.0784. The molecule has 2 aliphatic heterocycles. The lowest BCUT2D eigenvalue weighted by atomic mass is 9.84. The minimum atomic E-state index is -1.66. The van der Waals surface area contributed by atoms with Crippen LogP contribution in [0.3, 0.4) is 0 Å². The third-order valence-corrected chi connectivity index (χ3v) is 6.45. The third kappa shape index (κ3) is 5.32. The average molecular weight is 485 g/mol. The van der Waals surface area contributed by atoms with Gasteiger partial charge in [-0.3, -0.25) is 0 Å². The average Bonchev–Trinajstić information content (AvgIpc) is 2.79. The molecule has 0 aromatic carbocycles. The second kappa shape index (κ2) is 11.0. The number of aliphatic hydroxyl groups is 7. The Hall–Kier alpha value is -0.600. The van der Waals surface area contributed by atoms with E-state index in [4.69, 9.17) is 41.9 Å². The molecule has 194 valence electrons. The summed E-state index contributed by atoms with van der Waals surface area (Å²) in [4.78, 5) is 0. The Kier molecular flexibility index (Phi) is 8.99. The predicted molar refractivity (Wildman–Crippen MR) is 108 cm³/mol. The first-order valence-electron chi connectivity index (χ1n) is 10.8. The highest BCUT2D eigenvalue weighted by molar-refractivity contribution is 5.01. The smallest absolute Gasteiger partial charge is 0.187 e. The van der Waals surface area contributed by atoms with Crippen LogP contribution in [0.2, 0.25) is 0 Å². The summed E-state index contributed by atoms with van der Waals surface area (Å²) in [7, 11) is 0. The van der Waals surface area contributed by atoms with Crippen molar-refractivity contribution in [1.29, 1.82) is 0 Å². The highest BCUT2D eigenvalue weighted by Gasteiger charge is 2.51. The van der Waals surface area contributed by atoms with Gasteiger partial charge in [0, 0.05) is 25.2 Å². The fourth-order valence-electron chi connectivity index (χ4n) is 4.40. The summed E-state index contributed by atoms with van der Waals surface area (Å²) in [6.45, 7) is -0.345. The molecule has 0 bridgehead atoms. The normalized spacial score (nSPS) is 53.7. The first kappa shape index (κ1) is 27.0. The van der Waals surface area contributed by atoms with Gasteiger partial charge in [0.2, 0.25) is 0 Å². The van der Waals surface area contributed by atoms with E-state index in [9.17, 15) is 35.7 Å². The summed E-state index contributed by atoms with van der Waals surface area (Å²) >= 11 is 0. The number of rotatable bonds is 6. The summed E-state index contributed by atoms with van der Waals surface area (Å²) in [6, 6.07) is -1.68. The van der Waals surface area contributed by atoms with E-state index in [1.807, 2.05) is 0 Å². The van der Waals surface area contributed by atoms with Crippen molar-refractivity contribution in [3.05, 3.63) is 0 Å². The number of aliphatic hydroxyl groups excluding tert-OH is 7. The summed E-state index contributed by atoms with van der Waals surface area (Å²) in [6.07, 6.45) is -18.3. The molecule has 15 N–H and O–H groups in total. The molecule has 1 unspecified atom stereocenters.